The van der Waals surface area contributed by atoms with Crippen LogP contribution in [0.3, 0.4) is 0 Å². The van der Waals surface area contributed by atoms with E-state index in [-0.39, 0.29) is 6.42 Å². The van der Waals surface area contributed by atoms with Gasteiger partial charge in [-0.15, -0.1) is 10.2 Å². The lowest BCUT2D eigenvalue weighted by atomic mass is 10.3. The number of para-hydroxylation sites is 1. The molecule has 0 bridgehead atoms. The van der Waals surface area contributed by atoms with Crippen LogP contribution in [0.4, 0.5) is 11.5 Å². The number of azo groups is 1. The Kier molecular flexibility index (Phi) is 4.95. The second-order valence-electron chi connectivity index (χ2n) is 5.08. The van der Waals surface area contributed by atoms with Gasteiger partial charge in [0.15, 0.2) is 5.82 Å². The van der Waals surface area contributed by atoms with Crippen molar-refractivity contribution in [3.05, 3.63) is 53.3 Å². The SMILES string of the molecule is COC(=O)Cc1nc2ccc(Cl)cn2c1N=Nc1ccccc1OC. The van der Waals surface area contributed by atoms with E-state index in [0.29, 0.717) is 33.6 Å². The number of nitrogens with zero attached hydrogens (tertiary/aromatic N) is 4. The predicted molar refractivity (Wildman–Crippen MR) is 93.1 cm³/mol. The number of imidazole rings is 1. The number of pyridine rings is 1. The van der Waals surface area contributed by atoms with E-state index in [0.717, 1.165) is 0 Å². The molecule has 2 aromatic heterocycles. The van der Waals surface area contributed by atoms with E-state index in [1.54, 1.807) is 42.0 Å². The topological polar surface area (TPSA) is 77.5 Å². The average molecular weight is 359 g/mol. The summed E-state index contributed by atoms with van der Waals surface area (Å²) in [5.41, 5.74) is 1.62. The molecular formula is C17H15ClN4O3. The van der Waals surface area contributed by atoms with Gasteiger partial charge in [-0.1, -0.05) is 23.7 Å². The molecule has 0 unspecified atom stereocenters. The fourth-order valence-electron chi connectivity index (χ4n) is 2.30. The first-order valence-electron chi connectivity index (χ1n) is 7.40. The van der Waals surface area contributed by atoms with Crippen molar-refractivity contribution < 1.29 is 14.3 Å². The minimum Gasteiger partial charge on any atom is -0.494 e. The predicted octanol–water partition coefficient (Wildman–Crippen LogP) is 4.13. The van der Waals surface area contributed by atoms with Crippen LogP contribution in [0.5, 0.6) is 5.75 Å². The maximum absolute atomic E-state index is 11.7. The van der Waals surface area contributed by atoms with E-state index < -0.39 is 5.97 Å². The van der Waals surface area contributed by atoms with Crippen molar-refractivity contribution in [2.45, 2.75) is 6.42 Å². The van der Waals surface area contributed by atoms with Crippen molar-refractivity contribution in [3.63, 3.8) is 0 Å². The van der Waals surface area contributed by atoms with Crippen LogP contribution < -0.4 is 4.74 Å². The van der Waals surface area contributed by atoms with Gasteiger partial charge in [0, 0.05) is 6.20 Å². The van der Waals surface area contributed by atoms with Gasteiger partial charge in [0.05, 0.1) is 31.4 Å². The quantitative estimate of drug-likeness (QED) is 0.507. The molecule has 0 saturated heterocycles. The highest BCUT2D eigenvalue weighted by molar-refractivity contribution is 6.30. The molecule has 0 N–H and O–H groups in total. The molecule has 0 aliphatic heterocycles. The molecule has 0 saturated carbocycles. The van der Waals surface area contributed by atoms with Gasteiger partial charge in [0.1, 0.15) is 17.1 Å². The first-order valence-corrected chi connectivity index (χ1v) is 7.78. The minimum atomic E-state index is -0.414. The highest BCUT2D eigenvalue weighted by Crippen LogP contribution is 2.30. The number of carbonyl (C=O) groups is 1. The number of esters is 1. The van der Waals surface area contributed by atoms with Gasteiger partial charge in [0.2, 0.25) is 0 Å². The van der Waals surface area contributed by atoms with Gasteiger partial charge < -0.3 is 9.47 Å². The number of ether oxygens (including phenoxy) is 2. The number of hydrogen-bond donors (Lipinski definition) is 0. The smallest absolute Gasteiger partial charge is 0.311 e. The van der Waals surface area contributed by atoms with E-state index in [9.17, 15) is 4.79 Å². The first-order chi connectivity index (χ1) is 12.1. The van der Waals surface area contributed by atoms with Crippen LogP contribution in [0.25, 0.3) is 5.65 Å². The first kappa shape index (κ1) is 16.9. The van der Waals surface area contributed by atoms with Crippen molar-refractivity contribution in [1.82, 2.24) is 9.38 Å². The summed E-state index contributed by atoms with van der Waals surface area (Å²) in [5.74, 6) is 0.588. The summed E-state index contributed by atoms with van der Waals surface area (Å²) in [6, 6.07) is 10.7. The second-order valence-corrected chi connectivity index (χ2v) is 5.52. The molecule has 3 rings (SSSR count). The fourth-order valence-corrected chi connectivity index (χ4v) is 2.46. The molecule has 128 valence electrons. The lowest BCUT2D eigenvalue weighted by molar-refractivity contribution is -0.139. The zero-order valence-electron chi connectivity index (χ0n) is 13.6. The number of halogens is 1. The zero-order valence-corrected chi connectivity index (χ0v) is 14.4. The third-order valence-electron chi connectivity index (χ3n) is 3.50. The van der Waals surface area contributed by atoms with E-state index in [2.05, 4.69) is 15.2 Å². The summed E-state index contributed by atoms with van der Waals surface area (Å²) in [6.07, 6.45) is 1.65. The summed E-state index contributed by atoms with van der Waals surface area (Å²) in [6.45, 7) is 0. The number of aromatic nitrogens is 2. The van der Waals surface area contributed by atoms with E-state index in [1.807, 2.05) is 12.1 Å². The maximum atomic E-state index is 11.7. The molecule has 0 spiro atoms. The molecule has 0 atom stereocenters. The molecular weight excluding hydrogens is 344 g/mol. The van der Waals surface area contributed by atoms with Gasteiger partial charge in [0.25, 0.3) is 0 Å². The molecule has 0 aliphatic rings. The number of methoxy groups -OCH3 is 2. The number of carbonyl (C=O) groups excluding carboxylic acids is 1. The van der Waals surface area contributed by atoms with E-state index in [1.165, 1.54) is 7.11 Å². The monoisotopic (exact) mass is 358 g/mol. The van der Waals surface area contributed by atoms with Crippen LogP contribution in [0.1, 0.15) is 5.69 Å². The summed E-state index contributed by atoms with van der Waals surface area (Å²) >= 11 is 6.07. The van der Waals surface area contributed by atoms with Crippen molar-refractivity contribution in [2.75, 3.05) is 14.2 Å². The van der Waals surface area contributed by atoms with Crippen molar-refractivity contribution in [2.24, 2.45) is 10.2 Å². The summed E-state index contributed by atoms with van der Waals surface area (Å²) in [5, 5.41) is 9.03. The third-order valence-corrected chi connectivity index (χ3v) is 3.73. The third kappa shape index (κ3) is 3.61. The Morgan fingerprint density at radius 2 is 2.00 bits per heavy atom. The molecule has 0 amide bonds. The normalized spacial score (nSPS) is 11.2. The Balaban J connectivity index is 2.09. The molecule has 7 nitrogen and oxygen atoms in total. The standard InChI is InChI=1S/C17H15ClN4O3/c1-24-14-6-4-3-5-12(14)20-21-17-13(9-16(23)25-2)19-15-8-7-11(18)10-22(15)17/h3-8,10H,9H2,1-2H3. The van der Waals surface area contributed by atoms with E-state index in [4.69, 9.17) is 21.1 Å². The molecule has 0 fully saturated rings. The van der Waals surface area contributed by atoms with Crippen LogP contribution in [0.15, 0.2) is 52.8 Å². The average Bonchev–Trinajstić information content (AvgIpc) is 2.96. The van der Waals surface area contributed by atoms with Crippen molar-refractivity contribution >= 4 is 34.7 Å². The summed E-state index contributed by atoms with van der Waals surface area (Å²) in [4.78, 5) is 16.1. The largest absolute Gasteiger partial charge is 0.494 e. The maximum Gasteiger partial charge on any atom is 0.311 e. The molecule has 0 radical (unpaired) electrons. The van der Waals surface area contributed by atoms with Crippen molar-refractivity contribution in [1.29, 1.82) is 0 Å². The van der Waals surface area contributed by atoms with Crippen LogP contribution in [-0.4, -0.2) is 29.6 Å². The van der Waals surface area contributed by atoms with Gasteiger partial charge in [-0.25, -0.2) is 4.98 Å². The van der Waals surface area contributed by atoms with Gasteiger partial charge in [-0.3, -0.25) is 9.20 Å². The molecule has 8 heteroatoms. The molecule has 3 aromatic rings. The number of hydrogen-bond acceptors (Lipinski definition) is 6. The number of rotatable bonds is 5. The highest BCUT2D eigenvalue weighted by atomic mass is 35.5. The molecule has 1 aromatic carbocycles. The minimum absolute atomic E-state index is 0.0178. The van der Waals surface area contributed by atoms with Gasteiger partial charge >= 0.3 is 5.97 Å². The number of benzene rings is 1. The molecule has 0 aliphatic carbocycles. The van der Waals surface area contributed by atoms with Crippen LogP contribution in [-0.2, 0) is 16.0 Å². The van der Waals surface area contributed by atoms with Gasteiger partial charge in [-0.05, 0) is 24.3 Å². The van der Waals surface area contributed by atoms with Crippen LogP contribution in [0.2, 0.25) is 5.02 Å². The van der Waals surface area contributed by atoms with Crippen LogP contribution >= 0.6 is 11.6 Å². The lowest BCUT2D eigenvalue weighted by Gasteiger charge is -2.02. The zero-order chi connectivity index (χ0) is 17.8. The van der Waals surface area contributed by atoms with Gasteiger partial charge in [-0.2, -0.15) is 0 Å². The Morgan fingerprint density at radius 1 is 1.20 bits per heavy atom. The Hall–Kier alpha value is -2.93. The second kappa shape index (κ2) is 7.31. The Bertz CT molecular complexity index is 952. The fraction of sp³-hybridized carbons (Fsp3) is 0.176. The molecule has 25 heavy (non-hydrogen) atoms. The van der Waals surface area contributed by atoms with Crippen LogP contribution in [0, 0.1) is 0 Å². The molecule has 2 heterocycles. The Labute approximate surface area is 148 Å². The highest BCUT2D eigenvalue weighted by Gasteiger charge is 2.16. The summed E-state index contributed by atoms with van der Waals surface area (Å²) in [7, 11) is 2.88. The Morgan fingerprint density at radius 3 is 2.76 bits per heavy atom. The number of fused-ring (bicyclic) bond motifs is 1. The van der Waals surface area contributed by atoms with E-state index >= 15 is 0 Å². The lowest BCUT2D eigenvalue weighted by Crippen LogP contribution is -2.04. The van der Waals surface area contributed by atoms with Crippen molar-refractivity contribution in [3.8, 4) is 5.75 Å². The summed E-state index contributed by atoms with van der Waals surface area (Å²) < 4.78 is 11.7.